The number of anilines is 1. The van der Waals surface area contributed by atoms with Gasteiger partial charge in [0.1, 0.15) is 11.3 Å². The molecule has 4 rings (SSSR count). The van der Waals surface area contributed by atoms with E-state index in [0.29, 0.717) is 34.4 Å². The van der Waals surface area contributed by atoms with Crippen molar-refractivity contribution in [2.24, 2.45) is 0 Å². The van der Waals surface area contributed by atoms with Gasteiger partial charge in [-0.3, -0.25) is 9.10 Å². The van der Waals surface area contributed by atoms with Gasteiger partial charge in [0.25, 0.3) is 0 Å². The largest absolute Gasteiger partial charge is 0.460 e. The molecule has 1 N–H and O–H groups in total. The zero-order chi connectivity index (χ0) is 22.9. The second-order valence-corrected chi connectivity index (χ2v) is 10.9. The maximum absolute atomic E-state index is 13.5. The smallest absolute Gasteiger partial charge is 0.231 e. The second kappa shape index (κ2) is 9.35. The summed E-state index contributed by atoms with van der Waals surface area (Å²) in [6.45, 7) is 4.58. The van der Waals surface area contributed by atoms with E-state index in [9.17, 15) is 13.2 Å². The van der Waals surface area contributed by atoms with Gasteiger partial charge in [-0.25, -0.2) is 8.42 Å². The topological polar surface area (TPSA) is 82.9 Å². The Hall–Kier alpha value is -2.20. The molecule has 0 spiro atoms. The molecule has 1 aromatic heterocycles. The van der Waals surface area contributed by atoms with Gasteiger partial charge in [0.05, 0.1) is 22.9 Å². The van der Waals surface area contributed by atoms with E-state index in [1.54, 1.807) is 18.2 Å². The van der Waals surface area contributed by atoms with E-state index in [1.807, 2.05) is 24.3 Å². The minimum Gasteiger partial charge on any atom is -0.460 e. The van der Waals surface area contributed by atoms with Crippen LogP contribution in [0.25, 0.3) is 22.1 Å². The molecule has 0 bridgehead atoms. The molecule has 0 unspecified atom stereocenters. The van der Waals surface area contributed by atoms with Crippen molar-refractivity contribution in [3.8, 4) is 11.1 Å². The van der Waals surface area contributed by atoms with Crippen molar-refractivity contribution < 1.29 is 12.8 Å². The second-order valence-electron chi connectivity index (χ2n) is 7.99. The highest BCUT2D eigenvalue weighted by Crippen LogP contribution is 2.29. The zero-order valence-electron chi connectivity index (χ0n) is 18.1. The summed E-state index contributed by atoms with van der Waals surface area (Å²) in [6, 6.07) is 12.5. The lowest BCUT2D eigenvalue weighted by Gasteiger charge is -2.27. The molecule has 7 nitrogen and oxygen atoms in total. The van der Waals surface area contributed by atoms with Gasteiger partial charge < -0.3 is 14.6 Å². The lowest BCUT2D eigenvalue weighted by atomic mass is 10.0. The molecule has 9 heteroatoms. The first-order chi connectivity index (χ1) is 15.2. The Kier molecular flexibility index (Phi) is 6.71. The molecule has 3 aromatic rings. The molecule has 1 fully saturated rings. The fourth-order valence-electron chi connectivity index (χ4n) is 3.89. The highest BCUT2D eigenvalue weighted by atomic mass is 79.9. The highest BCUT2D eigenvalue weighted by Gasteiger charge is 2.20. The van der Waals surface area contributed by atoms with E-state index in [2.05, 4.69) is 26.1 Å². The molecule has 0 atom stereocenters. The van der Waals surface area contributed by atoms with Crippen molar-refractivity contribution in [1.29, 1.82) is 0 Å². The maximum Gasteiger partial charge on any atom is 0.231 e. The number of fused-ring (bicyclic) bond motifs is 1. The van der Waals surface area contributed by atoms with Gasteiger partial charge >= 0.3 is 0 Å². The SMILES string of the molecule is CN(c1ccc2c(=O)c(-c3ccc(Br)cc3)c(CCN3CCNCC3)oc2c1)S(C)(=O)=O. The average molecular weight is 520 g/mol. The number of rotatable bonds is 6. The third kappa shape index (κ3) is 4.91. The Morgan fingerprint density at radius 1 is 1.12 bits per heavy atom. The number of nitrogens with one attached hydrogen (secondary N) is 1. The lowest BCUT2D eigenvalue weighted by Crippen LogP contribution is -2.44. The van der Waals surface area contributed by atoms with E-state index >= 15 is 0 Å². The van der Waals surface area contributed by atoms with Gasteiger partial charge in [-0.2, -0.15) is 0 Å². The van der Waals surface area contributed by atoms with Gasteiger partial charge in [0.2, 0.25) is 15.5 Å². The van der Waals surface area contributed by atoms with Crippen LogP contribution in [0.1, 0.15) is 5.76 Å². The number of sulfonamides is 1. The maximum atomic E-state index is 13.5. The zero-order valence-corrected chi connectivity index (χ0v) is 20.5. The first-order valence-electron chi connectivity index (χ1n) is 10.5. The molecule has 0 saturated carbocycles. The number of nitrogens with zero attached hydrogens (tertiary/aromatic N) is 2. The van der Waals surface area contributed by atoms with Crippen LogP contribution in [0.4, 0.5) is 5.69 Å². The van der Waals surface area contributed by atoms with Crippen LogP contribution in [-0.4, -0.2) is 59.3 Å². The van der Waals surface area contributed by atoms with Crippen LogP contribution in [0.2, 0.25) is 0 Å². The summed E-state index contributed by atoms with van der Waals surface area (Å²) in [6.07, 6.45) is 1.73. The molecule has 0 amide bonds. The Bertz CT molecular complexity index is 1280. The summed E-state index contributed by atoms with van der Waals surface area (Å²) in [5.41, 5.74) is 2.09. The number of benzene rings is 2. The van der Waals surface area contributed by atoms with Gasteiger partial charge in [-0.15, -0.1) is 0 Å². The van der Waals surface area contributed by atoms with E-state index < -0.39 is 10.0 Å². The molecule has 0 radical (unpaired) electrons. The van der Waals surface area contributed by atoms with Crippen LogP contribution < -0.4 is 15.1 Å². The predicted molar refractivity (Wildman–Crippen MR) is 132 cm³/mol. The van der Waals surface area contributed by atoms with Crippen LogP contribution in [-0.2, 0) is 16.4 Å². The van der Waals surface area contributed by atoms with Crippen LogP contribution >= 0.6 is 15.9 Å². The summed E-state index contributed by atoms with van der Waals surface area (Å²) in [5.74, 6) is 0.613. The lowest BCUT2D eigenvalue weighted by molar-refractivity contribution is 0.239. The van der Waals surface area contributed by atoms with E-state index in [4.69, 9.17) is 4.42 Å². The molecule has 0 aliphatic carbocycles. The molecule has 170 valence electrons. The normalized spacial score (nSPS) is 15.2. The van der Waals surface area contributed by atoms with Gasteiger partial charge in [-0.05, 0) is 29.8 Å². The number of piperazine rings is 1. The van der Waals surface area contributed by atoms with Gasteiger partial charge in [0.15, 0.2) is 0 Å². The highest BCUT2D eigenvalue weighted by molar-refractivity contribution is 9.10. The van der Waals surface area contributed by atoms with Crippen LogP contribution in [0, 0.1) is 0 Å². The molecule has 2 heterocycles. The fraction of sp³-hybridized carbons (Fsp3) is 0.348. The van der Waals surface area contributed by atoms with Crippen molar-refractivity contribution in [2.45, 2.75) is 6.42 Å². The standard InChI is InChI=1S/C23H26BrN3O4S/c1-26(32(2,29)30)18-7-8-19-21(15-18)31-20(9-12-27-13-10-25-11-14-27)22(23(19)28)16-3-5-17(24)6-4-16/h3-8,15,25H,9-14H2,1-2H3. The molecule has 1 aliphatic rings. The average Bonchev–Trinajstić information content (AvgIpc) is 2.78. The molecule has 1 aliphatic heterocycles. The Balaban J connectivity index is 1.82. The van der Waals surface area contributed by atoms with Gasteiger partial charge in [0, 0.05) is 56.7 Å². The Labute approximate surface area is 196 Å². The minimum absolute atomic E-state index is 0.113. The van der Waals surface area contributed by atoms with Crippen LogP contribution in [0.15, 0.2) is 56.1 Å². The Morgan fingerprint density at radius 3 is 2.47 bits per heavy atom. The molecule has 2 aromatic carbocycles. The summed E-state index contributed by atoms with van der Waals surface area (Å²) < 4.78 is 32.3. The molecular formula is C23H26BrN3O4S. The minimum atomic E-state index is -3.43. The van der Waals surface area contributed by atoms with Crippen molar-refractivity contribution in [2.75, 3.05) is 50.3 Å². The van der Waals surface area contributed by atoms with Crippen LogP contribution in [0.3, 0.4) is 0 Å². The van der Waals surface area contributed by atoms with Crippen molar-refractivity contribution >= 4 is 42.6 Å². The first-order valence-corrected chi connectivity index (χ1v) is 13.1. The number of halogens is 1. The monoisotopic (exact) mass is 519 g/mol. The summed E-state index contributed by atoms with van der Waals surface area (Å²) in [7, 11) is -1.95. The Morgan fingerprint density at radius 2 is 1.81 bits per heavy atom. The number of hydrogen-bond acceptors (Lipinski definition) is 6. The summed E-state index contributed by atoms with van der Waals surface area (Å²) >= 11 is 3.45. The first kappa shape index (κ1) is 23.0. The van der Waals surface area contributed by atoms with Crippen molar-refractivity contribution in [1.82, 2.24) is 10.2 Å². The van der Waals surface area contributed by atoms with Gasteiger partial charge in [-0.1, -0.05) is 28.1 Å². The summed E-state index contributed by atoms with van der Waals surface area (Å²) in [5, 5.41) is 3.77. The molecule has 1 saturated heterocycles. The third-order valence-electron chi connectivity index (χ3n) is 5.81. The summed E-state index contributed by atoms with van der Waals surface area (Å²) in [4.78, 5) is 15.9. The van der Waals surface area contributed by atoms with Crippen LogP contribution in [0.5, 0.6) is 0 Å². The third-order valence-corrected chi connectivity index (χ3v) is 7.54. The fourth-order valence-corrected chi connectivity index (χ4v) is 4.66. The van der Waals surface area contributed by atoms with Crippen molar-refractivity contribution in [3.05, 3.63) is 62.9 Å². The number of hydrogen-bond donors (Lipinski definition) is 1. The quantitative estimate of drug-likeness (QED) is 0.538. The van der Waals surface area contributed by atoms with E-state index in [-0.39, 0.29) is 5.43 Å². The molecule has 32 heavy (non-hydrogen) atoms. The predicted octanol–water partition coefficient (Wildman–Crippen LogP) is 3.07. The van der Waals surface area contributed by atoms with Crippen molar-refractivity contribution in [3.63, 3.8) is 0 Å². The van der Waals surface area contributed by atoms with E-state index in [1.165, 1.54) is 11.4 Å². The van der Waals surface area contributed by atoms with E-state index in [0.717, 1.165) is 49.0 Å². The molecular weight excluding hydrogens is 494 g/mol.